The Labute approximate surface area is 119 Å². The summed E-state index contributed by atoms with van der Waals surface area (Å²) in [7, 11) is 0. The van der Waals surface area contributed by atoms with Gasteiger partial charge in [0.1, 0.15) is 11.6 Å². The predicted molar refractivity (Wildman–Crippen MR) is 82.0 cm³/mol. The lowest BCUT2D eigenvalue weighted by atomic mass is 10.2. The minimum atomic E-state index is -0.243. The number of aliphatic hydroxyl groups excluding tert-OH is 1. The van der Waals surface area contributed by atoms with E-state index in [1.807, 2.05) is 19.2 Å². The molecule has 1 rings (SSSR count). The first-order valence-corrected chi connectivity index (χ1v) is 8.00. The fourth-order valence-electron chi connectivity index (χ4n) is 1.52. The zero-order valence-corrected chi connectivity index (χ0v) is 12.8. The molecule has 0 spiro atoms. The Hall–Kier alpha value is -1.01. The lowest BCUT2D eigenvalue weighted by Gasteiger charge is -2.11. The first kappa shape index (κ1) is 16.0. The molecule has 1 unspecified atom stereocenters. The number of hydrogen-bond acceptors (Lipinski definition) is 6. The van der Waals surface area contributed by atoms with Crippen LogP contribution >= 0.6 is 11.8 Å². The van der Waals surface area contributed by atoms with Gasteiger partial charge in [-0.15, -0.1) is 0 Å². The lowest BCUT2D eigenvalue weighted by molar-refractivity contribution is 0.164. The van der Waals surface area contributed by atoms with E-state index in [4.69, 9.17) is 0 Å². The summed E-state index contributed by atoms with van der Waals surface area (Å²) in [5.41, 5.74) is 0. The van der Waals surface area contributed by atoms with Crippen LogP contribution in [0.2, 0.25) is 0 Å². The Morgan fingerprint density at radius 2 is 1.84 bits per heavy atom. The van der Waals surface area contributed by atoms with E-state index in [0.717, 1.165) is 42.6 Å². The molecule has 1 aromatic rings. The van der Waals surface area contributed by atoms with E-state index in [-0.39, 0.29) is 6.10 Å². The maximum atomic E-state index is 9.52. The normalized spacial score (nSPS) is 12.2. The third-order valence-electron chi connectivity index (χ3n) is 2.70. The molecule has 108 valence electrons. The van der Waals surface area contributed by atoms with Gasteiger partial charge < -0.3 is 15.7 Å². The van der Waals surface area contributed by atoms with E-state index >= 15 is 0 Å². The molecule has 5 nitrogen and oxygen atoms in total. The molecule has 0 radical (unpaired) electrons. The van der Waals surface area contributed by atoms with Crippen LogP contribution in [0.4, 0.5) is 11.6 Å². The van der Waals surface area contributed by atoms with Crippen LogP contribution in [0.25, 0.3) is 0 Å². The van der Waals surface area contributed by atoms with Gasteiger partial charge in [-0.3, -0.25) is 0 Å². The van der Waals surface area contributed by atoms with E-state index in [9.17, 15) is 5.11 Å². The quantitative estimate of drug-likeness (QED) is 0.478. The molecule has 1 atom stereocenters. The van der Waals surface area contributed by atoms with Crippen molar-refractivity contribution < 1.29 is 5.11 Å². The van der Waals surface area contributed by atoms with Crippen LogP contribution in [-0.4, -0.2) is 40.5 Å². The smallest absolute Gasteiger partial charge is 0.191 e. The van der Waals surface area contributed by atoms with Gasteiger partial charge in [0.05, 0.1) is 6.10 Å². The summed E-state index contributed by atoms with van der Waals surface area (Å²) in [6.45, 7) is 5.72. The van der Waals surface area contributed by atoms with Crippen LogP contribution in [0.15, 0.2) is 11.2 Å². The van der Waals surface area contributed by atoms with Gasteiger partial charge in [-0.05, 0) is 25.5 Å². The van der Waals surface area contributed by atoms with Crippen molar-refractivity contribution in [2.75, 3.05) is 30.0 Å². The predicted octanol–water partition coefficient (Wildman–Crippen LogP) is 2.59. The molecule has 3 N–H and O–H groups in total. The van der Waals surface area contributed by atoms with E-state index in [1.165, 1.54) is 11.8 Å². The molecule has 0 saturated heterocycles. The molecule has 0 amide bonds. The topological polar surface area (TPSA) is 70.1 Å². The molecule has 19 heavy (non-hydrogen) atoms. The Morgan fingerprint density at radius 3 is 2.37 bits per heavy atom. The summed E-state index contributed by atoms with van der Waals surface area (Å²) in [5.74, 6) is 1.65. The summed E-state index contributed by atoms with van der Waals surface area (Å²) in [6.07, 6.45) is 4.29. The van der Waals surface area contributed by atoms with Gasteiger partial charge in [-0.2, -0.15) is 0 Å². The second-order valence-corrected chi connectivity index (χ2v) is 5.10. The SMILES string of the molecule is CCCNc1cc(NCCC(O)CC)nc(SC)n1. The lowest BCUT2D eigenvalue weighted by Crippen LogP contribution is -2.13. The highest BCUT2D eigenvalue weighted by atomic mass is 32.2. The highest BCUT2D eigenvalue weighted by Crippen LogP contribution is 2.17. The third kappa shape index (κ3) is 6.11. The third-order valence-corrected chi connectivity index (χ3v) is 3.25. The first-order chi connectivity index (χ1) is 9.19. The van der Waals surface area contributed by atoms with Crippen LogP contribution in [0.1, 0.15) is 33.1 Å². The zero-order valence-electron chi connectivity index (χ0n) is 11.9. The van der Waals surface area contributed by atoms with E-state index in [0.29, 0.717) is 6.54 Å². The summed E-state index contributed by atoms with van der Waals surface area (Å²) in [4.78, 5) is 8.80. The fourth-order valence-corrected chi connectivity index (χ4v) is 1.90. The van der Waals surface area contributed by atoms with Crippen molar-refractivity contribution in [2.45, 2.75) is 44.4 Å². The minimum absolute atomic E-state index is 0.243. The van der Waals surface area contributed by atoms with Gasteiger partial charge in [0, 0.05) is 19.2 Å². The molecule has 6 heteroatoms. The van der Waals surface area contributed by atoms with Gasteiger partial charge in [0.2, 0.25) is 0 Å². The second-order valence-electron chi connectivity index (χ2n) is 4.33. The highest BCUT2D eigenvalue weighted by Gasteiger charge is 2.05. The number of nitrogens with one attached hydrogen (secondary N) is 2. The van der Waals surface area contributed by atoms with E-state index in [2.05, 4.69) is 27.5 Å². The Bertz CT molecular complexity index is 376. The highest BCUT2D eigenvalue weighted by molar-refractivity contribution is 7.98. The molecular weight excluding hydrogens is 260 g/mol. The number of nitrogens with zero attached hydrogens (tertiary/aromatic N) is 2. The average Bonchev–Trinajstić information content (AvgIpc) is 2.44. The van der Waals surface area contributed by atoms with Crippen molar-refractivity contribution in [3.05, 3.63) is 6.07 Å². The molecule has 0 aromatic carbocycles. The van der Waals surface area contributed by atoms with Crippen molar-refractivity contribution in [1.29, 1.82) is 0 Å². The monoisotopic (exact) mass is 284 g/mol. The Balaban J connectivity index is 2.60. The van der Waals surface area contributed by atoms with Crippen molar-refractivity contribution in [2.24, 2.45) is 0 Å². The van der Waals surface area contributed by atoms with Gasteiger partial charge in [-0.1, -0.05) is 25.6 Å². The van der Waals surface area contributed by atoms with Crippen LogP contribution in [0.5, 0.6) is 0 Å². The number of rotatable bonds is 9. The van der Waals surface area contributed by atoms with E-state index in [1.54, 1.807) is 0 Å². The van der Waals surface area contributed by atoms with Crippen LogP contribution in [0.3, 0.4) is 0 Å². The largest absolute Gasteiger partial charge is 0.393 e. The minimum Gasteiger partial charge on any atom is -0.393 e. The Morgan fingerprint density at radius 1 is 1.21 bits per heavy atom. The Kier molecular flexibility index (Phi) is 7.59. The van der Waals surface area contributed by atoms with Gasteiger partial charge in [0.15, 0.2) is 5.16 Å². The summed E-state index contributed by atoms with van der Waals surface area (Å²) in [6, 6.07) is 1.91. The van der Waals surface area contributed by atoms with E-state index < -0.39 is 0 Å². The molecule has 0 aliphatic rings. The number of thioether (sulfide) groups is 1. The van der Waals surface area contributed by atoms with Gasteiger partial charge in [0.25, 0.3) is 0 Å². The first-order valence-electron chi connectivity index (χ1n) is 6.78. The molecule has 0 aliphatic carbocycles. The number of hydrogen-bond donors (Lipinski definition) is 3. The number of aromatic nitrogens is 2. The summed E-state index contributed by atoms with van der Waals surface area (Å²) >= 11 is 1.52. The van der Waals surface area contributed by atoms with Crippen LogP contribution < -0.4 is 10.6 Å². The van der Waals surface area contributed by atoms with Gasteiger partial charge >= 0.3 is 0 Å². The number of aliphatic hydroxyl groups is 1. The molecule has 0 saturated carbocycles. The van der Waals surface area contributed by atoms with Crippen molar-refractivity contribution in [3.8, 4) is 0 Å². The summed E-state index contributed by atoms with van der Waals surface area (Å²) in [5, 5.41) is 16.8. The maximum absolute atomic E-state index is 9.52. The zero-order chi connectivity index (χ0) is 14.1. The van der Waals surface area contributed by atoms with Crippen LogP contribution in [0, 0.1) is 0 Å². The average molecular weight is 284 g/mol. The van der Waals surface area contributed by atoms with Gasteiger partial charge in [-0.25, -0.2) is 9.97 Å². The number of anilines is 2. The maximum Gasteiger partial charge on any atom is 0.191 e. The van der Waals surface area contributed by atoms with Crippen LogP contribution in [-0.2, 0) is 0 Å². The molecule has 0 fully saturated rings. The second kappa shape index (κ2) is 8.98. The standard InChI is InChI=1S/C13H24N4OS/c1-4-7-14-11-9-12(17-13(16-11)19-3)15-8-6-10(18)5-2/h9-10,18H,4-8H2,1-3H3,(H2,14,15,16,17). The van der Waals surface area contributed by atoms with Crippen molar-refractivity contribution in [3.63, 3.8) is 0 Å². The molecule has 1 aromatic heterocycles. The molecule has 0 bridgehead atoms. The molecular formula is C13H24N4OS. The summed E-state index contributed by atoms with van der Waals surface area (Å²) < 4.78 is 0. The van der Waals surface area contributed by atoms with Crippen molar-refractivity contribution >= 4 is 23.4 Å². The fraction of sp³-hybridized carbons (Fsp3) is 0.692. The molecule has 0 aliphatic heterocycles. The van der Waals surface area contributed by atoms with Crippen molar-refractivity contribution in [1.82, 2.24) is 9.97 Å². The molecule has 1 heterocycles.